The zero-order chi connectivity index (χ0) is 35.6. The highest BCUT2D eigenvalue weighted by Gasteiger charge is 2.43. The van der Waals surface area contributed by atoms with Crippen molar-refractivity contribution in [2.24, 2.45) is 11.8 Å². The number of morpholine rings is 1. The van der Waals surface area contributed by atoms with Crippen LogP contribution in [0.25, 0.3) is 0 Å². The molecule has 0 radical (unpaired) electrons. The molecular weight excluding hydrogens is 654 g/mol. The van der Waals surface area contributed by atoms with Crippen molar-refractivity contribution >= 4 is 34.2 Å². The second-order valence-electron chi connectivity index (χ2n) is 14.4. The molecule has 4 aliphatic rings. The van der Waals surface area contributed by atoms with E-state index in [1.54, 1.807) is 6.07 Å². The van der Waals surface area contributed by atoms with Crippen LogP contribution in [0.2, 0.25) is 5.02 Å². The Morgan fingerprint density at radius 3 is 2.41 bits per heavy atom. The van der Waals surface area contributed by atoms with Gasteiger partial charge < -0.3 is 14.4 Å². The fourth-order valence-electron chi connectivity index (χ4n) is 7.60. The number of anilines is 1. The summed E-state index contributed by atoms with van der Waals surface area (Å²) in [4.78, 5) is 18.2. The number of carbonyl (C=O) groups is 1. The summed E-state index contributed by atoms with van der Waals surface area (Å²) in [5.74, 6) is 1.77. The fraction of sp³-hybridized carbons (Fsp3) is 0.675. The average molecular weight is 716 g/mol. The van der Waals surface area contributed by atoms with Crippen molar-refractivity contribution in [2.45, 2.75) is 117 Å². The Balaban J connectivity index is 0.000000841. The van der Waals surface area contributed by atoms with Gasteiger partial charge in [0.05, 0.1) is 25.5 Å². The van der Waals surface area contributed by atoms with Gasteiger partial charge in [0.15, 0.2) is 0 Å². The molecule has 2 heterocycles. The predicted molar refractivity (Wildman–Crippen MR) is 206 cm³/mol. The smallest absolute Gasteiger partial charge is 0.263 e. The van der Waals surface area contributed by atoms with Crippen LogP contribution < -0.4 is 14.4 Å². The third-order valence-corrected chi connectivity index (χ3v) is 12.2. The molecule has 2 aromatic rings. The number of nitrogens with one attached hydrogen (secondary N) is 1. The first kappa shape index (κ1) is 39.7. The lowest BCUT2D eigenvalue weighted by atomic mass is 9.68. The minimum atomic E-state index is -1.43. The van der Waals surface area contributed by atoms with Crippen LogP contribution in [-0.2, 0) is 27.6 Å². The molecule has 274 valence electrons. The molecule has 0 bridgehead atoms. The Morgan fingerprint density at radius 1 is 1.04 bits per heavy atom. The third kappa shape index (κ3) is 10.0. The van der Waals surface area contributed by atoms with Crippen LogP contribution in [0.1, 0.15) is 115 Å². The maximum Gasteiger partial charge on any atom is 0.263 e. The fourth-order valence-corrected chi connectivity index (χ4v) is 8.33. The van der Waals surface area contributed by atoms with E-state index in [0.29, 0.717) is 30.0 Å². The van der Waals surface area contributed by atoms with E-state index in [2.05, 4.69) is 47.4 Å². The molecule has 2 aliphatic carbocycles. The SMILES string of the molecule is CC.CC(C)S(=O)NC(=O)c1ccc2c(c1)N(CC1CCC1C[C@@H](C)N1CCOCC1)CC1(CCCc3cc(Cl)ccc31)CO2.CCCC. The van der Waals surface area contributed by atoms with E-state index in [9.17, 15) is 9.00 Å². The van der Waals surface area contributed by atoms with Crippen molar-refractivity contribution in [2.75, 3.05) is 50.9 Å². The number of halogens is 1. The highest BCUT2D eigenvalue weighted by atomic mass is 35.5. The first-order chi connectivity index (χ1) is 23.6. The summed E-state index contributed by atoms with van der Waals surface area (Å²) in [6.07, 6.45) is 9.52. The first-order valence-electron chi connectivity index (χ1n) is 19.0. The van der Waals surface area contributed by atoms with Gasteiger partial charge in [-0.15, -0.1) is 0 Å². The second-order valence-corrected chi connectivity index (χ2v) is 16.6. The van der Waals surface area contributed by atoms with Crippen molar-refractivity contribution in [3.05, 3.63) is 58.1 Å². The largest absolute Gasteiger partial charge is 0.490 e. The number of amides is 1. The number of hydrogen-bond donors (Lipinski definition) is 1. The van der Waals surface area contributed by atoms with Crippen molar-refractivity contribution in [1.29, 1.82) is 0 Å². The number of unbranched alkanes of at least 4 members (excludes halogenated alkanes) is 1. The second kappa shape index (κ2) is 18.9. The zero-order valence-corrected chi connectivity index (χ0v) is 32.8. The van der Waals surface area contributed by atoms with Gasteiger partial charge in [-0.1, -0.05) is 58.2 Å². The number of benzene rings is 2. The Hall–Kier alpha value is -2.13. The lowest BCUT2D eigenvalue weighted by Gasteiger charge is -2.46. The normalized spacial score (nSPS) is 24.4. The van der Waals surface area contributed by atoms with E-state index in [4.69, 9.17) is 21.1 Å². The predicted octanol–water partition coefficient (Wildman–Crippen LogP) is 8.58. The number of hydrogen-bond acceptors (Lipinski definition) is 6. The molecule has 1 saturated carbocycles. The van der Waals surface area contributed by atoms with Gasteiger partial charge in [0.25, 0.3) is 5.91 Å². The molecule has 1 N–H and O–H groups in total. The number of fused-ring (bicyclic) bond motifs is 3. The molecule has 1 saturated heterocycles. The molecule has 1 spiro atoms. The number of nitrogens with zero attached hydrogens (tertiary/aromatic N) is 2. The van der Waals surface area contributed by atoms with Gasteiger partial charge in [-0.05, 0) is 113 Å². The summed E-state index contributed by atoms with van der Waals surface area (Å²) in [6.45, 7) is 20.5. The van der Waals surface area contributed by atoms with E-state index < -0.39 is 11.0 Å². The quantitative estimate of drug-likeness (QED) is 0.281. The molecule has 7 nitrogen and oxygen atoms in total. The number of ether oxygens (including phenoxy) is 2. The Kier molecular flexibility index (Phi) is 15.3. The van der Waals surface area contributed by atoms with Crippen LogP contribution in [0.5, 0.6) is 5.75 Å². The van der Waals surface area contributed by atoms with Gasteiger partial charge in [-0.3, -0.25) is 14.4 Å². The maximum atomic E-state index is 13.2. The van der Waals surface area contributed by atoms with Gasteiger partial charge >= 0.3 is 0 Å². The molecular formula is C40H62ClN3O4S. The standard InChI is InChI=1S/C34H46ClN3O4S.C4H10.C2H6/c1-23(2)43(40)36-33(39)27-8-11-32-31(19-27)38(20-28-7-6-25(28)17-24(3)37-13-15-41-16-14-37)21-34(22-42-32)12-4-5-26-18-29(35)9-10-30(26)34;1-3-4-2;1-2/h8-11,18-19,23-25,28H,4-7,12-17,20-22H2,1-3H3,(H,36,39);3-4H2,1-2H3;1-2H3/t24-,25?,28?,34?,43?;;/m1../s1. The van der Waals surface area contributed by atoms with Gasteiger partial charge in [-0.2, -0.15) is 0 Å². The van der Waals surface area contributed by atoms with Crippen LogP contribution in [0.15, 0.2) is 36.4 Å². The van der Waals surface area contributed by atoms with E-state index in [-0.39, 0.29) is 16.6 Å². The highest BCUT2D eigenvalue weighted by Crippen LogP contribution is 2.47. The maximum absolute atomic E-state index is 13.2. The zero-order valence-electron chi connectivity index (χ0n) is 31.2. The van der Waals surface area contributed by atoms with E-state index >= 15 is 0 Å². The summed E-state index contributed by atoms with van der Waals surface area (Å²) in [5.41, 5.74) is 3.99. The number of rotatable bonds is 9. The summed E-state index contributed by atoms with van der Waals surface area (Å²) in [7, 11) is -1.43. The Morgan fingerprint density at radius 2 is 1.76 bits per heavy atom. The van der Waals surface area contributed by atoms with Gasteiger partial charge in [0.1, 0.15) is 16.7 Å². The highest BCUT2D eigenvalue weighted by molar-refractivity contribution is 7.84. The van der Waals surface area contributed by atoms with Crippen molar-refractivity contribution in [1.82, 2.24) is 9.62 Å². The topological polar surface area (TPSA) is 71.1 Å². The van der Waals surface area contributed by atoms with Gasteiger partial charge in [0.2, 0.25) is 0 Å². The minimum absolute atomic E-state index is 0.153. The molecule has 2 aliphatic heterocycles. The van der Waals surface area contributed by atoms with Crippen LogP contribution in [0, 0.1) is 11.8 Å². The van der Waals surface area contributed by atoms with Crippen LogP contribution in [0.4, 0.5) is 5.69 Å². The lowest BCUT2D eigenvalue weighted by Crippen LogP contribution is -2.49. The Labute approximate surface area is 304 Å². The Bertz CT molecular complexity index is 1380. The van der Waals surface area contributed by atoms with Crippen LogP contribution in [0.3, 0.4) is 0 Å². The van der Waals surface area contributed by atoms with Gasteiger partial charge in [-0.25, -0.2) is 4.21 Å². The van der Waals surface area contributed by atoms with Crippen molar-refractivity contribution in [3.63, 3.8) is 0 Å². The molecule has 0 aromatic heterocycles. The monoisotopic (exact) mass is 715 g/mol. The molecule has 2 aromatic carbocycles. The van der Waals surface area contributed by atoms with Crippen molar-refractivity contribution in [3.8, 4) is 5.75 Å². The summed E-state index contributed by atoms with van der Waals surface area (Å²) >= 11 is 6.44. The molecule has 1 amide bonds. The molecule has 6 rings (SSSR count). The van der Waals surface area contributed by atoms with E-state index in [1.807, 2.05) is 45.9 Å². The minimum Gasteiger partial charge on any atom is -0.490 e. The number of aryl methyl sites for hydroxylation is 1. The first-order valence-corrected chi connectivity index (χ1v) is 20.6. The van der Waals surface area contributed by atoms with Crippen LogP contribution in [-0.4, -0.2) is 72.3 Å². The van der Waals surface area contributed by atoms with E-state index in [1.165, 1.54) is 43.2 Å². The molecule has 49 heavy (non-hydrogen) atoms. The third-order valence-electron chi connectivity index (χ3n) is 10.8. The molecule has 4 unspecified atom stereocenters. The van der Waals surface area contributed by atoms with E-state index in [0.717, 1.165) is 75.1 Å². The summed E-state index contributed by atoms with van der Waals surface area (Å²) in [6, 6.07) is 12.6. The lowest BCUT2D eigenvalue weighted by molar-refractivity contribution is 0.00741. The number of carbonyl (C=O) groups excluding carboxylic acids is 1. The molecule has 2 fully saturated rings. The average Bonchev–Trinajstić information content (AvgIpc) is 3.26. The molecule has 5 atom stereocenters. The molecule has 9 heteroatoms. The summed E-state index contributed by atoms with van der Waals surface area (Å²) < 4.78 is 27.3. The summed E-state index contributed by atoms with van der Waals surface area (Å²) in [5, 5.41) is 0.631. The van der Waals surface area contributed by atoms with Gasteiger partial charge in [0, 0.05) is 53.5 Å². The van der Waals surface area contributed by atoms with Crippen LogP contribution >= 0.6 is 11.6 Å². The van der Waals surface area contributed by atoms with Crippen molar-refractivity contribution < 1.29 is 18.5 Å².